The van der Waals surface area contributed by atoms with Gasteiger partial charge in [0, 0.05) is 6.04 Å². The molecule has 1 fully saturated rings. The summed E-state index contributed by atoms with van der Waals surface area (Å²) in [5, 5.41) is 3.56. The zero-order chi connectivity index (χ0) is 14.4. The Hall–Kier alpha value is -0.860. The van der Waals surface area contributed by atoms with E-state index in [0.29, 0.717) is 6.04 Å². The highest BCUT2D eigenvalue weighted by Crippen LogP contribution is 2.34. The molecule has 1 heterocycles. The Bertz CT molecular complexity index is 385. The van der Waals surface area contributed by atoms with Gasteiger partial charge in [0.25, 0.3) is 0 Å². The van der Waals surface area contributed by atoms with E-state index in [9.17, 15) is 0 Å². The van der Waals surface area contributed by atoms with Crippen molar-refractivity contribution in [1.29, 1.82) is 0 Å². The summed E-state index contributed by atoms with van der Waals surface area (Å²) in [6, 6.07) is 9.88. The van der Waals surface area contributed by atoms with E-state index in [4.69, 9.17) is 0 Å². The second-order valence-corrected chi connectivity index (χ2v) is 6.08. The van der Waals surface area contributed by atoms with Gasteiger partial charge in [-0.15, -0.1) is 0 Å². The molecule has 0 spiro atoms. The minimum Gasteiger partial charge on any atom is -0.317 e. The topological polar surface area (TPSA) is 15.3 Å². The van der Waals surface area contributed by atoms with Gasteiger partial charge >= 0.3 is 0 Å². The molecule has 0 aliphatic carbocycles. The highest BCUT2D eigenvalue weighted by molar-refractivity contribution is 5.26. The first kappa shape index (κ1) is 15.5. The van der Waals surface area contributed by atoms with Gasteiger partial charge in [-0.2, -0.15) is 0 Å². The number of nitrogens with one attached hydrogen (secondary N) is 1. The van der Waals surface area contributed by atoms with Crippen LogP contribution >= 0.6 is 0 Å². The Morgan fingerprint density at radius 3 is 2.55 bits per heavy atom. The van der Waals surface area contributed by atoms with E-state index in [0.717, 1.165) is 25.4 Å². The first-order valence-electron chi connectivity index (χ1n) is 8.26. The fourth-order valence-corrected chi connectivity index (χ4v) is 3.45. The molecule has 112 valence electrons. The minimum atomic E-state index is 0.572. The predicted molar refractivity (Wildman–Crippen MR) is 87.1 cm³/mol. The van der Waals surface area contributed by atoms with Crippen molar-refractivity contribution in [2.45, 2.75) is 45.6 Å². The maximum atomic E-state index is 3.56. The third-order valence-corrected chi connectivity index (χ3v) is 4.64. The van der Waals surface area contributed by atoms with Gasteiger partial charge in [0.15, 0.2) is 0 Å². The molecule has 2 heteroatoms. The fourth-order valence-electron chi connectivity index (χ4n) is 3.45. The van der Waals surface area contributed by atoms with Crippen molar-refractivity contribution in [3.63, 3.8) is 0 Å². The molecule has 1 aromatic rings. The standard InChI is InChI=1S/C18H30N2/c1-4-15-9-11-16(12-10-15)18-17(14-19-5-2)8-6-7-13-20(18)3/h9-12,17-19H,4-8,13-14H2,1-3H3. The van der Waals surface area contributed by atoms with Crippen LogP contribution in [0.15, 0.2) is 24.3 Å². The SMILES string of the molecule is CCNCC1CCCCN(C)C1c1ccc(CC)cc1. The average Bonchev–Trinajstić information content (AvgIpc) is 2.67. The molecule has 2 rings (SSSR count). The van der Waals surface area contributed by atoms with Gasteiger partial charge < -0.3 is 5.32 Å². The van der Waals surface area contributed by atoms with E-state index in [2.05, 4.69) is 55.4 Å². The zero-order valence-corrected chi connectivity index (χ0v) is 13.4. The van der Waals surface area contributed by atoms with Crippen molar-refractivity contribution in [2.24, 2.45) is 5.92 Å². The van der Waals surface area contributed by atoms with Gasteiger partial charge in [0.1, 0.15) is 0 Å². The molecule has 1 aliphatic rings. The average molecular weight is 274 g/mol. The quantitative estimate of drug-likeness (QED) is 0.882. The van der Waals surface area contributed by atoms with Gasteiger partial charge in [0.2, 0.25) is 0 Å². The Morgan fingerprint density at radius 2 is 1.90 bits per heavy atom. The van der Waals surface area contributed by atoms with Crippen molar-refractivity contribution < 1.29 is 0 Å². The molecule has 1 aromatic carbocycles. The predicted octanol–water partition coefficient (Wildman–Crippen LogP) is 3.63. The fraction of sp³-hybridized carbons (Fsp3) is 0.667. The molecule has 0 bridgehead atoms. The summed E-state index contributed by atoms with van der Waals surface area (Å²) in [7, 11) is 2.29. The maximum absolute atomic E-state index is 3.56. The van der Waals surface area contributed by atoms with Gasteiger partial charge in [-0.05, 0) is 63.0 Å². The van der Waals surface area contributed by atoms with Crippen LogP contribution in [-0.2, 0) is 6.42 Å². The lowest BCUT2D eigenvalue weighted by Crippen LogP contribution is -2.34. The Morgan fingerprint density at radius 1 is 1.15 bits per heavy atom. The molecule has 0 saturated carbocycles. The lowest BCUT2D eigenvalue weighted by Gasteiger charge is -2.33. The molecule has 20 heavy (non-hydrogen) atoms. The number of nitrogens with zero attached hydrogens (tertiary/aromatic N) is 1. The molecule has 1 saturated heterocycles. The highest BCUT2D eigenvalue weighted by Gasteiger charge is 2.28. The van der Waals surface area contributed by atoms with Crippen molar-refractivity contribution in [2.75, 3.05) is 26.7 Å². The molecular formula is C18H30N2. The summed E-state index contributed by atoms with van der Waals surface area (Å²) in [4.78, 5) is 2.57. The molecule has 0 aromatic heterocycles. The third-order valence-electron chi connectivity index (χ3n) is 4.64. The monoisotopic (exact) mass is 274 g/mol. The highest BCUT2D eigenvalue weighted by atomic mass is 15.1. The van der Waals surface area contributed by atoms with Crippen LogP contribution in [-0.4, -0.2) is 31.6 Å². The maximum Gasteiger partial charge on any atom is 0.0385 e. The number of hydrogen-bond donors (Lipinski definition) is 1. The summed E-state index contributed by atoms with van der Waals surface area (Å²) < 4.78 is 0. The normalized spacial score (nSPS) is 24.6. The van der Waals surface area contributed by atoms with Gasteiger partial charge in [0.05, 0.1) is 0 Å². The zero-order valence-electron chi connectivity index (χ0n) is 13.4. The smallest absolute Gasteiger partial charge is 0.0385 e. The van der Waals surface area contributed by atoms with E-state index in [1.807, 2.05) is 0 Å². The summed E-state index contributed by atoms with van der Waals surface area (Å²) >= 11 is 0. The molecule has 0 amide bonds. The van der Waals surface area contributed by atoms with Crippen molar-refractivity contribution in [3.05, 3.63) is 35.4 Å². The number of hydrogen-bond acceptors (Lipinski definition) is 2. The van der Waals surface area contributed by atoms with E-state index in [1.54, 1.807) is 0 Å². The van der Waals surface area contributed by atoms with Gasteiger partial charge in [-0.25, -0.2) is 0 Å². The Balaban J connectivity index is 2.19. The molecule has 1 aliphatic heterocycles. The van der Waals surface area contributed by atoms with E-state index in [1.165, 1.54) is 36.9 Å². The van der Waals surface area contributed by atoms with Crippen LogP contribution in [0.3, 0.4) is 0 Å². The lowest BCUT2D eigenvalue weighted by molar-refractivity contribution is 0.189. The summed E-state index contributed by atoms with van der Waals surface area (Å²) in [5.74, 6) is 0.731. The van der Waals surface area contributed by atoms with Crippen molar-refractivity contribution >= 4 is 0 Å². The molecule has 2 nitrogen and oxygen atoms in total. The molecule has 2 atom stereocenters. The van der Waals surface area contributed by atoms with Crippen LogP contribution in [0.2, 0.25) is 0 Å². The molecular weight excluding hydrogens is 244 g/mol. The first-order chi connectivity index (χ1) is 9.76. The number of aryl methyl sites for hydroxylation is 1. The Labute approximate surface area is 124 Å². The lowest BCUT2D eigenvalue weighted by atomic mass is 9.88. The number of rotatable bonds is 5. The van der Waals surface area contributed by atoms with Crippen LogP contribution < -0.4 is 5.32 Å². The second-order valence-electron chi connectivity index (χ2n) is 6.08. The molecule has 0 radical (unpaired) electrons. The Kier molecular flexibility index (Phi) is 6.06. The summed E-state index contributed by atoms with van der Waals surface area (Å²) in [6.07, 6.45) is 5.17. The van der Waals surface area contributed by atoms with Crippen LogP contribution in [0.1, 0.15) is 50.3 Å². The van der Waals surface area contributed by atoms with Crippen LogP contribution in [0.25, 0.3) is 0 Å². The minimum absolute atomic E-state index is 0.572. The summed E-state index contributed by atoms with van der Waals surface area (Å²) in [6.45, 7) is 7.86. The largest absolute Gasteiger partial charge is 0.317 e. The van der Waals surface area contributed by atoms with Gasteiger partial charge in [-0.1, -0.05) is 44.5 Å². The van der Waals surface area contributed by atoms with Crippen molar-refractivity contribution in [3.8, 4) is 0 Å². The van der Waals surface area contributed by atoms with E-state index in [-0.39, 0.29) is 0 Å². The molecule has 1 N–H and O–H groups in total. The van der Waals surface area contributed by atoms with Gasteiger partial charge in [-0.3, -0.25) is 4.90 Å². The molecule has 2 unspecified atom stereocenters. The van der Waals surface area contributed by atoms with Crippen LogP contribution in [0, 0.1) is 5.92 Å². The van der Waals surface area contributed by atoms with Crippen molar-refractivity contribution in [1.82, 2.24) is 10.2 Å². The summed E-state index contributed by atoms with van der Waals surface area (Å²) in [5.41, 5.74) is 2.93. The first-order valence-corrected chi connectivity index (χ1v) is 8.26. The second kappa shape index (κ2) is 7.80. The number of likely N-dealkylation sites (tertiary alicyclic amines) is 1. The van der Waals surface area contributed by atoms with E-state index < -0.39 is 0 Å². The van der Waals surface area contributed by atoms with E-state index >= 15 is 0 Å². The van der Waals surface area contributed by atoms with Crippen LogP contribution in [0.5, 0.6) is 0 Å². The van der Waals surface area contributed by atoms with Crippen LogP contribution in [0.4, 0.5) is 0 Å². The third kappa shape index (κ3) is 3.83. The number of benzene rings is 1.